The number of ether oxygens (including phenoxy) is 1. The average molecular weight is 380 g/mol. The van der Waals surface area contributed by atoms with Crippen LogP contribution >= 0.6 is 11.6 Å². The van der Waals surface area contributed by atoms with Crippen LogP contribution in [0.1, 0.15) is 30.9 Å². The van der Waals surface area contributed by atoms with Crippen molar-refractivity contribution in [2.75, 3.05) is 31.6 Å². The number of rotatable bonds is 5. The van der Waals surface area contributed by atoms with E-state index in [-0.39, 0.29) is 18.1 Å². The van der Waals surface area contributed by atoms with Gasteiger partial charge in [-0.1, -0.05) is 11.6 Å². The zero-order valence-corrected chi connectivity index (χ0v) is 16.1. The van der Waals surface area contributed by atoms with E-state index in [9.17, 15) is 9.59 Å². The third-order valence-corrected chi connectivity index (χ3v) is 5.51. The summed E-state index contributed by atoms with van der Waals surface area (Å²) < 4.78 is 5.55. The van der Waals surface area contributed by atoms with Crippen LogP contribution in [0.25, 0.3) is 0 Å². The third-order valence-electron chi connectivity index (χ3n) is 5.29. The van der Waals surface area contributed by atoms with Crippen molar-refractivity contribution in [2.24, 2.45) is 0 Å². The minimum absolute atomic E-state index is 0.131. The molecule has 1 aromatic rings. The number of nitrogens with zero attached hydrogens (tertiary/aromatic N) is 2. The van der Waals surface area contributed by atoms with Gasteiger partial charge in [0.15, 0.2) is 0 Å². The number of amides is 2. The molecule has 0 spiro atoms. The van der Waals surface area contributed by atoms with Gasteiger partial charge in [-0.15, -0.1) is 0 Å². The van der Waals surface area contributed by atoms with E-state index in [2.05, 4.69) is 17.1 Å². The first-order valence-corrected chi connectivity index (χ1v) is 9.51. The van der Waals surface area contributed by atoms with Crippen molar-refractivity contribution in [3.05, 3.63) is 28.3 Å². The van der Waals surface area contributed by atoms with Crippen molar-refractivity contribution < 1.29 is 14.3 Å². The highest BCUT2D eigenvalue weighted by atomic mass is 35.5. The van der Waals surface area contributed by atoms with Crippen molar-refractivity contribution >= 4 is 29.6 Å². The summed E-state index contributed by atoms with van der Waals surface area (Å²) in [6.07, 6.45) is 2.21. The van der Waals surface area contributed by atoms with E-state index >= 15 is 0 Å². The zero-order valence-electron chi connectivity index (χ0n) is 15.3. The summed E-state index contributed by atoms with van der Waals surface area (Å²) in [5, 5.41) is 3.31. The first-order chi connectivity index (χ1) is 12.5. The van der Waals surface area contributed by atoms with Gasteiger partial charge in [0.1, 0.15) is 6.10 Å². The molecule has 7 heteroatoms. The fraction of sp³-hybridized carbons (Fsp3) is 0.579. The Morgan fingerprint density at radius 2 is 2.23 bits per heavy atom. The first kappa shape index (κ1) is 19.1. The molecule has 2 amide bonds. The topological polar surface area (TPSA) is 61.9 Å². The van der Waals surface area contributed by atoms with E-state index < -0.39 is 0 Å². The standard InChI is InChI=1S/C19H26ClN3O3/c1-13-10-22(5-6-23(13)19(25)18-4-3-7-26-18)11-15-8-16(20)9-17(14(15)2)21-12-24/h8-9,12-13,18H,3-7,10-11H2,1-2H3,(H,21,24)/t13-,18?/m0/s1. The van der Waals surface area contributed by atoms with Gasteiger partial charge in [0.25, 0.3) is 5.91 Å². The second-order valence-corrected chi connectivity index (χ2v) is 7.55. The SMILES string of the molecule is Cc1c(CN2CCN(C(=O)C3CCCO3)[C@@H](C)C2)cc(Cl)cc1NC=O. The summed E-state index contributed by atoms with van der Waals surface area (Å²) in [6, 6.07) is 3.85. The summed E-state index contributed by atoms with van der Waals surface area (Å²) in [7, 11) is 0. The maximum atomic E-state index is 12.6. The second-order valence-electron chi connectivity index (χ2n) is 7.12. The molecule has 6 nitrogen and oxygen atoms in total. The second kappa shape index (κ2) is 8.37. The van der Waals surface area contributed by atoms with Gasteiger partial charge >= 0.3 is 0 Å². The van der Waals surface area contributed by atoms with E-state index in [4.69, 9.17) is 16.3 Å². The quantitative estimate of drug-likeness (QED) is 0.798. The van der Waals surface area contributed by atoms with Crippen LogP contribution in [0.2, 0.25) is 5.02 Å². The fourth-order valence-corrected chi connectivity index (χ4v) is 4.06. The summed E-state index contributed by atoms with van der Waals surface area (Å²) in [5.41, 5.74) is 2.85. The van der Waals surface area contributed by atoms with Gasteiger partial charge in [-0.3, -0.25) is 14.5 Å². The first-order valence-electron chi connectivity index (χ1n) is 9.13. The molecule has 2 fully saturated rings. The predicted octanol–water partition coefficient (Wildman–Crippen LogP) is 2.43. The van der Waals surface area contributed by atoms with Crippen molar-refractivity contribution in [1.82, 2.24) is 9.80 Å². The van der Waals surface area contributed by atoms with Crippen molar-refractivity contribution in [3.8, 4) is 0 Å². The predicted molar refractivity (Wildman–Crippen MR) is 101 cm³/mol. The lowest BCUT2D eigenvalue weighted by atomic mass is 10.0. The normalized spacial score (nSPS) is 23.9. The zero-order chi connectivity index (χ0) is 18.7. The fourth-order valence-electron chi connectivity index (χ4n) is 3.82. The van der Waals surface area contributed by atoms with Gasteiger partial charge in [0.05, 0.1) is 0 Å². The van der Waals surface area contributed by atoms with Gasteiger partial charge < -0.3 is 15.0 Å². The van der Waals surface area contributed by atoms with Gasteiger partial charge in [-0.05, 0) is 49.9 Å². The molecule has 2 saturated heterocycles. The van der Waals surface area contributed by atoms with Crippen molar-refractivity contribution in [3.63, 3.8) is 0 Å². The van der Waals surface area contributed by atoms with Crippen LogP contribution < -0.4 is 5.32 Å². The highest BCUT2D eigenvalue weighted by Gasteiger charge is 2.33. The monoisotopic (exact) mass is 379 g/mol. The summed E-state index contributed by atoms with van der Waals surface area (Å²) in [5.74, 6) is 0.131. The highest BCUT2D eigenvalue weighted by molar-refractivity contribution is 6.31. The van der Waals surface area contributed by atoms with Gasteiger partial charge in [-0.25, -0.2) is 0 Å². The molecule has 1 N–H and O–H groups in total. The smallest absolute Gasteiger partial charge is 0.252 e. The van der Waals surface area contributed by atoms with E-state index in [1.165, 1.54) is 0 Å². The Hall–Kier alpha value is -1.63. The molecule has 3 rings (SSSR count). The van der Waals surface area contributed by atoms with Crippen LogP contribution in [-0.4, -0.2) is 60.5 Å². The van der Waals surface area contributed by atoms with Crippen molar-refractivity contribution in [2.45, 2.75) is 45.4 Å². The Balaban J connectivity index is 1.64. The minimum Gasteiger partial charge on any atom is -0.368 e. The van der Waals surface area contributed by atoms with Crippen LogP contribution in [0.3, 0.4) is 0 Å². The van der Waals surface area contributed by atoms with Crippen LogP contribution in [0.4, 0.5) is 5.69 Å². The van der Waals surface area contributed by atoms with Crippen LogP contribution in [0.5, 0.6) is 0 Å². The summed E-state index contributed by atoms with van der Waals surface area (Å²) >= 11 is 6.20. The number of hydrogen-bond acceptors (Lipinski definition) is 4. The average Bonchev–Trinajstić information content (AvgIpc) is 3.13. The third kappa shape index (κ3) is 4.19. The number of nitrogens with one attached hydrogen (secondary N) is 1. The molecule has 2 atom stereocenters. The molecule has 2 aliphatic heterocycles. The van der Waals surface area contributed by atoms with Crippen LogP contribution in [-0.2, 0) is 20.9 Å². The lowest BCUT2D eigenvalue weighted by Crippen LogP contribution is -2.55. The van der Waals surface area contributed by atoms with E-state index in [0.29, 0.717) is 24.6 Å². The Labute approximate surface area is 159 Å². The number of anilines is 1. The molecule has 142 valence electrons. The Morgan fingerprint density at radius 3 is 2.88 bits per heavy atom. The van der Waals surface area contributed by atoms with Gasteiger partial charge in [0, 0.05) is 49.5 Å². The molecule has 0 aliphatic carbocycles. The number of carbonyl (C=O) groups excluding carboxylic acids is 2. The largest absolute Gasteiger partial charge is 0.368 e. The minimum atomic E-state index is -0.254. The highest BCUT2D eigenvalue weighted by Crippen LogP contribution is 2.27. The maximum Gasteiger partial charge on any atom is 0.252 e. The summed E-state index contributed by atoms with van der Waals surface area (Å²) in [6.45, 7) is 7.83. The van der Waals surface area contributed by atoms with Gasteiger partial charge in [0.2, 0.25) is 6.41 Å². The number of hydrogen-bond donors (Lipinski definition) is 1. The number of halogens is 1. The molecule has 0 aromatic heterocycles. The Morgan fingerprint density at radius 1 is 1.42 bits per heavy atom. The molecule has 26 heavy (non-hydrogen) atoms. The molecule has 2 aliphatic rings. The maximum absolute atomic E-state index is 12.6. The van der Waals surface area contributed by atoms with Crippen molar-refractivity contribution in [1.29, 1.82) is 0 Å². The Kier molecular flexibility index (Phi) is 6.16. The molecular formula is C19H26ClN3O3. The molecule has 2 heterocycles. The number of benzene rings is 1. The van der Waals surface area contributed by atoms with E-state index in [0.717, 1.165) is 49.3 Å². The lowest BCUT2D eigenvalue weighted by Gasteiger charge is -2.41. The van der Waals surface area contributed by atoms with Gasteiger partial charge in [-0.2, -0.15) is 0 Å². The Bertz CT molecular complexity index is 676. The van der Waals surface area contributed by atoms with Crippen LogP contribution in [0.15, 0.2) is 12.1 Å². The number of carbonyl (C=O) groups is 2. The van der Waals surface area contributed by atoms with E-state index in [1.807, 2.05) is 17.9 Å². The molecule has 1 aromatic carbocycles. The van der Waals surface area contributed by atoms with Crippen LogP contribution in [0, 0.1) is 6.92 Å². The lowest BCUT2D eigenvalue weighted by molar-refractivity contribution is -0.145. The molecular weight excluding hydrogens is 354 g/mol. The summed E-state index contributed by atoms with van der Waals surface area (Å²) in [4.78, 5) is 27.7. The molecule has 0 bridgehead atoms. The van der Waals surface area contributed by atoms with E-state index in [1.54, 1.807) is 6.07 Å². The number of piperazine rings is 1. The molecule has 1 unspecified atom stereocenters. The molecule has 0 saturated carbocycles. The molecule has 0 radical (unpaired) electrons.